The molecule has 1 heterocycles. The largest absolute Gasteiger partial charge is 0.507 e. The van der Waals surface area contributed by atoms with Crippen molar-refractivity contribution in [2.75, 3.05) is 23.3 Å². The van der Waals surface area contributed by atoms with Gasteiger partial charge in [-0.25, -0.2) is 13.2 Å². The number of aromatic hydroxyl groups is 1. The van der Waals surface area contributed by atoms with Gasteiger partial charge >= 0.3 is 5.97 Å². The molecular formula is C23H17N3O10S. The van der Waals surface area contributed by atoms with Crippen molar-refractivity contribution in [1.82, 2.24) is 0 Å². The van der Waals surface area contributed by atoms with Gasteiger partial charge in [0.25, 0.3) is 21.6 Å². The molecule has 190 valence electrons. The second-order valence-electron chi connectivity index (χ2n) is 7.64. The number of nitro groups is 1. The van der Waals surface area contributed by atoms with E-state index in [0.717, 1.165) is 36.4 Å². The first-order valence-electron chi connectivity index (χ1n) is 10.4. The molecular weight excluding hydrogens is 510 g/mol. The average molecular weight is 527 g/mol. The summed E-state index contributed by atoms with van der Waals surface area (Å²) < 4.78 is 37.7. The highest BCUT2D eigenvalue weighted by Crippen LogP contribution is 2.29. The van der Waals surface area contributed by atoms with Crippen LogP contribution in [0.3, 0.4) is 0 Å². The minimum atomic E-state index is -4.28. The van der Waals surface area contributed by atoms with Crippen molar-refractivity contribution >= 4 is 44.7 Å². The number of ether oxygens (including phenoxy) is 2. The molecule has 14 heteroatoms. The van der Waals surface area contributed by atoms with Gasteiger partial charge < -0.3 is 19.9 Å². The standard InChI is InChI=1S/C23H17N3O10S/c27-19-6-5-14(25-37(33,34)16-3-1-2-15(10-16)26(31)32)9-17(19)23(30)36-11-20(28)13-4-7-21-18(8-13)24-22(29)12-35-21/h1-10,25,27H,11-12H2,(H,24,29). The third-order valence-corrected chi connectivity index (χ3v) is 6.46. The summed E-state index contributed by atoms with van der Waals surface area (Å²) in [6.07, 6.45) is 0. The molecule has 1 amide bonds. The van der Waals surface area contributed by atoms with Crippen LogP contribution < -0.4 is 14.8 Å². The predicted octanol–water partition coefficient (Wildman–Crippen LogP) is 2.47. The number of carbonyl (C=O) groups excluding carboxylic acids is 3. The lowest BCUT2D eigenvalue weighted by atomic mass is 10.1. The Morgan fingerprint density at radius 1 is 1.14 bits per heavy atom. The lowest BCUT2D eigenvalue weighted by Gasteiger charge is -2.18. The summed E-state index contributed by atoms with van der Waals surface area (Å²) in [4.78, 5) is 46.3. The predicted molar refractivity (Wildman–Crippen MR) is 127 cm³/mol. The zero-order valence-electron chi connectivity index (χ0n) is 18.7. The summed E-state index contributed by atoms with van der Waals surface area (Å²) in [5, 5.41) is 23.6. The highest BCUT2D eigenvalue weighted by atomic mass is 32.2. The highest BCUT2D eigenvalue weighted by molar-refractivity contribution is 7.92. The van der Waals surface area contributed by atoms with Gasteiger partial charge in [0.1, 0.15) is 17.1 Å². The fourth-order valence-electron chi connectivity index (χ4n) is 3.29. The van der Waals surface area contributed by atoms with Crippen LogP contribution in [0.1, 0.15) is 20.7 Å². The van der Waals surface area contributed by atoms with E-state index in [4.69, 9.17) is 9.47 Å². The van der Waals surface area contributed by atoms with Crippen LogP contribution in [-0.2, 0) is 19.6 Å². The monoisotopic (exact) mass is 527 g/mol. The van der Waals surface area contributed by atoms with E-state index >= 15 is 0 Å². The molecule has 0 saturated heterocycles. The van der Waals surface area contributed by atoms with Crippen molar-refractivity contribution < 1.29 is 42.3 Å². The Hall–Kier alpha value is -4.98. The molecule has 0 atom stereocenters. The van der Waals surface area contributed by atoms with Gasteiger partial charge in [-0.1, -0.05) is 6.07 Å². The number of Topliss-reactive ketones (excluding diaryl/α,β-unsaturated/α-hetero) is 1. The van der Waals surface area contributed by atoms with Crippen molar-refractivity contribution in [3.8, 4) is 11.5 Å². The summed E-state index contributed by atoms with van der Waals surface area (Å²) >= 11 is 0. The van der Waals surface area contributed by atoms with E-state index in [0.29, 0.717) is 5.75 Å². The molecule has 0 saturated carbocycles. The summed E-state index contributed by atoms with van der Waals surface area (Å²) in [5.41, 5.74) is -0.600. The molecule has 13 nitrogen and oxygen atoms in total. The van der Waals surface area contributed by atoms with Gasteiger partial charge in [0.05, 0.1) is 15.5 Å². The number of sulfonamides is 1. The lowest BCUT2D eigenvalue weighted by Crippen LogP contribution is -2.25. The second-order valence-corrected chi connectivity index (χ2v) is 9.32. The number of phenolic OH excluding ortho intramolecular Hbond substituents is 1. The van der Waals surface area contributed by atoms with Crippen molar-refractivity contribution in [3.63, 3.8) is 0 Å². The number of fused-ring (bicyclic) bond motifs is 1. The molecule has 0 unspecified atom stereocenters. The number of nitro benzene ring substituents is 1. The average Bonchev–Trinajstić information content (AvgIpc) is 2.87. The minimum Gasteiger partial charge on any atom is -0.507 e. The first-order chi connectivity index (χ1) is 17.5. The Bertz CT molecular complexity index is 1550. The highest BCUT2D eigenvalue weighted by Gasteiger charge is 2.22. The summed E-state index contributed by atoms with van der Waals surface area (Å²) in [7, 11) is -4.28. The molecule has 4 rings (SSSR count). The Morgan fingerprint density at radius 3 is 2.68 bits per heavy atom. The fourth-order valence-corrected chi connectivity index (χ4v) is 4.38. The number of nitrogens with zero attached hydrogens (tertiary/aromatic N) is 1. The summed E-state index contributed by atoms with van der Waals surface area (Å²) in [5.74, 6) is -2.28. The van der Waals surface area contributed by atoms with Crippen LogP contribution in [0.15, 0.2) is 65.6 Å². The van der Waals surface area contributed by atoms with Crippen LogP contribution in [0, 0.1) is 10.1 Å². The topological polar surface area (TPSA) is 191 Å². The van der Waals surface area contributed by atoms with Crippen LogP contribution >= 0.6 is 0 Å². The number of anilines is 2. The maximum atomic E-state index is 12.6. The normalized spacial score (nSPS) is 12.5. The number of nitrogens with one attached hydrogen (secondary N) is 2. The number of amides is 1. The molecule has 3 aromatic rings. The summed E-state index contributed by atoms with van der Waals surface area (Å²) in [6.45, 7) is -0.864. The van der Waals surface area contributed by atoms with Gasteiger partial charge in [-0.05, 0) is 42.5 Å². The number of esters is 1. The maximum Gasteiger partial charge on any atom is 0.342 e. The number of non-ortho nitro benzene ring substituents is 1. The molecule has 0 radical (unpaired) electrons. The smallest absolute Gasteiger partial charge is 0.342 e. The molecule has 1 aliphatic heterocycles. The third kappa shape index (κ3) is 5.65. The van der Waals surface area contributed by atoms with Crippen LogP contribution in [0.4, 0.5) is 17.1 Å². The van der Waals surface area contributed by atoms with Crippen LogP contribution in [0.25, 0.3) is 0 Å². The Kier molecular flexibility index (Phi) is 6.75. The van der Waals surface area contributed by atoms with E-state index in [9.17, 15) is 38.0 Å². The molecule has 0 aliphatic carbocycles. The van der Waals surface area contributed by atoms with Gasteiger partial charge in [-0.15, -0.1) is 0 Å². The van der Waals surface area contributed by atoms with Gasteiger partial charge in [-0.2, -0.15) is 0 Å². The number of ketones is 1. The van der Waals surface area contributed by atoms with E-state index in [1.807, 2.05) is 0 Å². The van der Waals surface area contributed by atoms with Crippen molar-refractivity contribution in [1.29, 1.82) is 0 Å². The number of rotatable bonds is 8. The number of phenols is 1. The van der Waals surface area contributed by atoms with Crippen molar-refractivity contribution in [3.05, 3.63) is 81.9 Å². The van der Waals surface area contributed by atoms with Crippen molar-refractivity contribution in [2.45, 2.75) is 4.90 Å². The Labute approximate surface area is 208 Å². The van der Waals surface area contributed by atoms with E-state index in [-0.39, 0.29) is 29.5 Å². The first-order valence-corrected chi connectivity index (χ1v) is 11.9. The zero-order valence-corrected chi connectivity index (χ0v) is 19.5. The SMILES string of the molecule is O=C1COc2ccc(C(=O)COC(=O)c3cc(NS(=O)(=O)c4cccc([N+](=O)[O-])c4)ccc3O)cc2N1. The van der Waals surface area contributed by atoms with Crippen LogP contribution in [-0.4, -0.2) is 49.3 Å². The maximum absolute atomic E-state index is 12.6. The summed E-state index contributed by atoms with van der Waals surface area (Å²) in [6, 6.07) is 11.8. The van der Waals surface area contributed by atoms with Gasteiger partial charge in [-0.3, -0.25) is 24.4 Å². The van der Waals surface area contributed by atoms with Crippen LogP contribution in [0.2, 0.25) is 0 Å². The van der Waals surface area contributed by atoms with Crippen LogP contribution in [0.5, 0.6) is 11.5 Å². The molecule has 3 N–H and O–H groups in total. The number of benzene rings is 3. The van der Waals surface area contributed by atoms with E-state index in [1.54, 1.807) is 0 Å². The van der Waals surface area contributed by atoms with Gasteiger partial charge in [0.15, 0.2) is 19.0 Å². The second kappa shape index (κ2) is 9.94. The van der Waals surface area contributed by atoms with Gasteiger partial charge in [0.2, 0.25) is 0 Å². The zero-order chi connectivity index (χ0) is 26.7. The minimum absolute atomic E-state index is 0.125. The molecule has 0 fully saturated rings. The molecule has 3 aromatic carbocycles. The van der Waals surface area contributed by atoms with Gasteiger partial charge in [0, 0.05) is 23.4 Å². The number of hydrogen-bond acceptors (Lipinski definition) is 10. The van der Waals surface area contributed by atoms with Crippen molar-refractivity contribution in [2.24, 2.45) is 0 Å². The van der Waals surface area contributed by atoms with E-state index < -0.39 is 55.2 Å². The lowest BCUT2D eigenvalue weighted by molar-refractivity contribution is -0.385. The Morgan fingerprint density at radius 2 is 1.92 bits per heavy atom. The fraction of sp³-hybridized carbons (Fsp3) is 0.0870. The van der Waals surface area contributed by atoms with E-state index in [1.165, 1.54) is 24.3 Å². The molecule has 1 aliphatic rings. The molecule has 0 bridgehead atoms. The number of hydrogen-bond donors (Lipinski definition) is 3. The van der Waals surface area contributed by atoms with E-state index in [2.05, 4.69) is 10.0 Å². The Balaban J connectivity index is 1.46. The number of carbonyl (C=O) groups is 3. The quantitative estimate of drug-likeness (QED) is 0.129. The first kappa shape index (κ1) is 25.1. The third-order valence-electron chi connectivity index (χ3n) is 5.08. The molecule has 0 aromatic heterocycles. The molecule has 37 heavy (non-hydrogen) atoms. The molecule has 0 spiro atoms.